The third kappa shape index (κ3) is 4.55. The number of halogens is 1. The van der Waals surface area contributed by atoms with Gasteiger partial charge in [0, 0.05) is 16.6 Å². The summed E-state index contributed by atoms with van der Waals surface area (Å²) in [5.74, 6) is -0.167. The minimum atomic E-state index is -0.476. The summed E-state index contributed by atoms with van der Waals surface area (Å²) in [6.07, 6.45) is 2.82. The molecule has 0 saturated carbocycles. The molecule has 8 nitrogen and oxygen atoms in total. The number of nitrogens with one attached hydrogen (secondary N) is 1. The molecule has 1 atom stereocenters. The van der Waals surface area contributed by atoms with Crippen LogP contribution in [0, 0.1) is 10.1 Å². The fraction of sp³-hybridized carbons (Fsp3) is 0.562. The first-order valence-corrected chi connectivity index (χ1v) is 9.05. The molecule has 136 valence electrons. The summed E-state index contributed by atoms with van der Waals surface area (Å²) < 4.78 is 11.7. The van der Waals surface area contributed by atoms with Crippen LogP contribution < -0.4 is 5.32 Å². The first-order chi connectivity index (χ1) is 12.0. The van der Waals surface area contributed by atoms with Crippen LogP contribution in [0.3, 0.4) is 0 Å². The Labute approximate surface area is 153 Å². The zero-order chi connectivity index (χ0) is 17.8. The molecule has 25 heavy (non-hydrogen) atoms. The molecule has 1 aromatic rings. The van der Waals surface area contributed by atoms with Crippen molar-refractivity contribution in [3.63, 3.8) is 0 Å². The maximum atomic E-state index is 12.4. The summed E-state index contributed by atoms with van der Waals surface area (Å²) in [5.41, 5.74) is 0.481. The van der Waals surface area contributed by atoms with Crippen molar-refractivity contribution in [2.24, 2.45) is 0 Å². The molecule has 0 bridgehead atoms. The van der Waals surface area contributed by atoms with Crippen molar-refractivity contribution in [2.45, 2.75) is 31.6 Å². The van der Waals surface area contributed by atoms with Gasteiger partial charge < -0.3 is 14.8 Å². The maximum Gasteiger partial charge on any atom is 0.270 e. The van der Waals surface area contributed by atoms with Gasteiger partial charge in [-0.1, -0.05) is 6.42 Å². The Morgan fingerprint density at radius 2 is 2.12 bits per heavy atom. The highest BCUT2D eigenvalue weighted by Gasteiger charge is 2.34. The first-order valence-electron chi connectivity index (χ1n) is 8.25. The van der Waals surface area contributed by atoms with Gasteiger partial charge in [-0.2, -0.15) is 0 Å². The zero-order valence-corrected chi connectivity index (χ0v) is 15.2. The number of benzene rings is 1. The number of anilines is 1. The molecule has 0 spiro atoms. The molecule has 1 N–H and O–H groups in total. The Bertz CT molecular complexity index is 651. The molecule has 1 aromatic carbocycles. The van der Waals surface area contributed by atoms with E-state index >= 15 is 0 Å². The SMILES string of the molecule is O=C(CN1CCCCC1C1OCCO1)Nc1ccc([N+](=O)[O-])cc1Br. The van der Waals surface area contributed by atoms with E-state index in [2.05, 4.69) is 26.1 Å². The minimum Gasteiger partial charge on any atom is -0.349 e. The largest absolute Gasteiger partial charge is 0.349 e. The van der Waals surface area contributed by atoms with Crippen LogP contribution in [0.1, 0.15) is 19.3 Å². The average Bonchev–Trinajstić information content (AvgIpc) is 3.11. The number of ether oxygens (including phenoxy) is 2. The molecular formula is C16H20BrN3O5. The lowest BCUT2D eigenvalue weighted by atomic mass is 10.0. The molecule has 1 amide bonds. The van der Waals surface area contributed by atoms with Crippen LogP contribution >= 0.6 is 15.9 Å². The lowest BCUT2D eigenvalue weighted by Gasteiger charge is -2.37. The van der Waals surface area contributed by atoms with Crippen LogP contribution in [0.5, 0.6) is 0 Å². The number of non-ortho nitro benzene ring substituents is 1. The molecular weight excluding hydrogens is 394 g/mol. The van der Waals surface area contributed by atoms with Crippen LogP contribution in [-0.2, 0) is 14.3 Å². The van der Waals surface area contributed by atoms with Crippen LogP contribution in [0.2, 0.25) is 0 Å². The van der Waals surface area contributed by atoms with Gasteiger partial charge in [-0.05, 0) is 41.4 Å². The molecule has 1 unspecified atom stereocenters. The van der Waals surface area contributed by atoms with Gasteiger partial charge in [0.2, 0.25) is 5.91 Å². The van der Waals surface area contributed by atoms with Crippen molar-refractivity contribution < 1.29 is 19.2 Å². The second-order valence-electron chi connectivity index (χ2n) is 6.11. The van der Waals surface area contributed by atoms with E-state index in [0.717, 1.165) is 25.8 Å². The van der Waals surface area contributed by atoms with Crippen LogP contribution in [0.15, 0.2) is 22.7 Å². The predicted octanol–water partition coefficient (Wildman–Crippen LogP) is 2.52. The van der Waals surface area contributed by atoms with Gasteiger partial charge in [0.25, 0.3) is 5.69 Å². The van der Waals surface area contributed by atoms with E-state index in [4.69, 9.17) is 9.47 Å². The van der Waals surface area contributed by atoms with Crippen molar-refractivity contribution in [3.05, 3.63) is 32.8 Å². The van der Waals surface area contributed by atoms with Crippen LogP contribution in [-0.4, -0.2) is 54.4 Å². The normalized spacial score (nSPS) is 22.0. The molecule has 9 heteroatoms. The number of carbonyl (C=O) groups is 1. The summed E-state index contributed by atoms with van der Waals surface area (Å²) in [6.45, 7) is 2.24. The number of nitro groups is 1. The Morgan fingerprint density at radius 3 is 2.80 bits per heavy atom. The van der Waals surface area contributed by atoms with Gasteiger partial charge in [-0.15, -0.1) is 0 Å². The van der Waals surface area contributed by atoms with Crippen molar-refractivity contribution in [3.8, 4) is 0 Å². The molecule has 3 rings (SSSR count). The van der Waals surface area contributed by atoms with Crippen molar-refractivity contribution >= 4 is 33.2 Å². The summed E-state index contributed by atoms with van der Waals surface area (Å²) in [4.78, 5) is 24.8. The number of rotatable bonds is 5. The van der Waals surface area contributed by atoms with Gasteiger partial charge in [0.05, 0.1) is 36.4 Å². The molecule has 2 fully saturated rings. The van der Waals surface area contributed by atoms with Crippen molar-refractivity contribution in [1.29, 1.82) is 0 Å². The number of hydrogen-bond acceptors (Lipinski definition) is 6. The highest BCUT2D eigenvalue weighted by molar-refractivity contribution is 9.10. The minimum absolute atomic E-state index is 0.0310. The average molecular weight is 414 g/mol. The van der Waals surface area contributed by atoms with E-state index in [-0.39, 0.29) is 30.5 Å². The van der Waals surface area contributed by atoms with Gasteiger partial charge in [0.15, 0.2) is 6.29 Å². The molecule has 0 aliphatic carbocycles. The molecule has 2 saturated heterocycles. The van der Waals surface area contributed by atoms with Crippen molar-refractivity contribution in [1.82, 2.24) is 4.90 Å². The monoisotopic (exact) mass is 413 g/mol. The lowest BCUT2D eigenvalue weighted by Crippen LogP contribution is -2.50. The number of piperidine rings is 1. The molecule has 2 aliphatic heterocycles. The Hall–Kier alpha value is -1.55. The Balaban J connectivity index is 1.62. The van der Waals surface area contributed by atoms with E-state index in [9.17, 15) is 14.9 Å². The van der Waals surface area contributed by atoms with Gasteiger partial charge in [-0.25, -0.2) is 0 Å². The van der Waals surface area contributed by atoms with Gasteiger partial charge in [0.1, 0.15) is 0 Å². The standard InChI is InChI=1S/C16H20BrN3O5/c17-12-9-11(20(22)23)4-5-13(12)18-15(21)10-19-6-2-1-3-14(19)16-24-7-8-25-16/h4-5,9,14,16H,1-3,6-8,10H2,(H,18,21). The molecule has 2 heterocycles. The summed E-state index contributed by atoms with van der Waals surface area (Å²) in [6, 6.07) is 4.35. The third-order valence-electron chi connectivity index (χ3n) is 4.41. The van der Waals surface area contributed by atoms with Crippen molar-refractivity contribution in [2.75, 3.05) is 31.6 Å². The first kappa shape index (κ1) is 18.2. The smallest absolute Gasteiger partial charge is 0.270 e. The van der Waals surface area contributed by atoms with E-state index < -0.39 is 4.92 Å². The maximum absolute atomic E-state index is 12.4. The van der Waals surface area contributed by atoms with Gasteiger partial charge in [-0.3, -0.25) is 19.8 Å². The van der Waals surface area contributed by atoms with E-state index in [0.29, 0.717) is 23.4 Å². The summed E-state index contributed by atoms with van der Waals surface area (Å²) in [5, 5.41) is 13.6. The van der Waals surface area contributed by atoms with E-state index in [1.165, 1.54) is 18.2 Å². The quantitative estimate of drug-likeness (QED) is 0.588. The number of nitrogens with zero attached hydrogens (tertiary/aromatic N) is 2. The lowest BCUT2D eigenvalue weighted by molar-refractivity contribution is -0.384. The second kappa shape index (κ2) is 8.22. The molecule has 0 aromatic heterocycles. The highest BCUT2D eigenvalue weighted by atomic mass is 79.9. The fourth-order valence-corrected chi connectivity index (χ4v) is 3.68. The van der Waals surface area contributed by atoms with E-state index in [1.54, 1.807) is 0 Å². The number of carbonyl (C=O) groups excluding carboxylic acids is 1. The number of nitro benzene ring substituents is 1. The zero-order valence-electron chi connectivity index (χ0n) is 13.7. The fourth-order valence-electron chi connectivity index (χ4n) is 3.21. The Morgan fingerprint density at radius 1 is 1.36 bits per heavy atom. The topological polar surface area (TPSA) is 93.9 Å². The van der Waals surface area contributed by atoms with Crippen LogP contribution in [0.4, 0.5) is 11.4 Å². The summed E-state index contributed by atoms with van der Waals surface area (Å²) in [7, 11) is 0. The second-order valence-corrected chi connectivity index (χ2v) is 6.97. The third-order valence-corrected chi connectivity index (χ3v) is 5.07. The number of likely N-dealkylation sites (tertiary alicyclic amines) is 1. The summed E-state index contributed by atoms with van der Waals surface area (Å²) >= 11 is 3.26. The molecule has 0 radical (unpaired) electrons. The Kier molecular flexibility index (Phi) is 6.00. The highest BCUT2D eigenvalue weighted by Crippen LogP contribution is 2.28. The number of amides is 1. The number of hydrogen-bond donors (Lipinski definition) is 1. The molecule has 2 aliphatic rings. The van der Waals surface area contributed by atoms with Crippen LogP contribution in [0.25, 0.3) is 0 Å². The van der Waals surface area contributed by atoms with Gasteiger partial charge >= 0.3 is 0 Å². The van der Waals surface area contributed by atoms with E-state index in [1.807, 2.05) is 0 Å². The predicted molar refractivity (Wildman–Crippen MR) is 94.3 cm³/mol.